The van der Waals surface area contributed by atoms with Gasteiger partial charge in [0.25, 0.3) is 11.2 Å². The van der Waals surface area contributed by atoms with Gasteiger partial charge in [0, 0.05) is 31.1 Å². The van der Waals surface area contributed by atoms with Crippen molar-refractivity contribution in [2.45, 2.75) is 25.3 Å². The molecule has 3 heterocycles. The van der Waals surface area contributed by atoms with Gasteiger partial charge in [-0.15, -0.1) is 11.3 Å². The van der Waals surface area contributed by atoms with Gasteiger partial charge in [-0.25, -0.2) is 4.98 Å². The standard InChI is InChI=1S/C19H18N4O4S/c24-17-8-7-14(23(26)27)11-22(17)12-18(25)21-9-3-4-13(10-21)19-20-15-5-1-2-6-16(15)28-19/h1-2,5-8,11,13H,3-4,9-10,12H2/t13-/m1/s1. The van der Waals surface area contributed by atoms with E-state index in [9.17, 15) is 19.7 Å². The van der Waals surface area contributed by atoms with Crippen molar-refractivity contribution in [2.24, 2.45) is 0 Å². The third-order valence-corrected chi connectivity index (χ3v) is 6.12. The third-order valence-electron chi connectivity index (χ3n) is 4.92. The maximum atomic E-state index is 12.7. The van der Waals surface area contributed by atoms with Crippen molar-refractivity contribution < 1.29 is 9.72 Å². The van der Waals surface area contributed by atoms with Crippen molar-refractivity contribution in [3.8, 4) is 0 Å². The zero-order valence-corrected chi connectivity index (χ0v) is 15.8. The number of likely N-dealkylation sites (tertiary alicyclic amines) is 1. The van der Waals surface area contributed by atoms with Crippen LogP contribution < -0.4 is 5.56 Å². The molecule has 0 N–H and O–H groups in total. The molecule has 2 aromatic heterocycles. The highest BCUT2D eigenvalue weighted by atomic mass is 32.1. The molecule has 1 aliphatic heterocycles. The monoisotopic (exact) mass is 398 g/mol. The normalized spacial score (nSPS) is 17.0. The zero-order valence-electron chi connectivity index (χ0n) is 15.0. The number of fused-ring (bicyclic) bond motifs is 1. The fourth-order valence-corrected chi connectivity index (χ4v) is 4.56. The first-order valence-corrected chi connectivity index (χ1v) is 9.81. The number of hydrogen-bond donors (Lipinski definition) is 0. The minimum atomic E-state index is -0.579. The number of hydrogen-bond acceptors (Lipinski definition) is 6. The van der Waals surface area contributed by atoms with E-state index in [2.05, 4.69) is 0 Å². The van der Waals surface area contributed by atoms with Gasteiger partial charge in [-0.3, -0.25) is 24.3 Å². The molecule has 8 nitrogen and oxygen atoms in total. The molecule has 1 aliphatic rings. The van der Waals surface area contributed by atoms with Crippen LogP contribution >= 0.6 is 11.3 Å². The molecule has 1 fully saturated rings. The Morgan fingerprint density at radius 3 is 2.89 bits per heavy atom. The molecule has 0 aliphatic carbocycles. The first-order chi connectivity index (χ1) is 13.5. The summed E-state index contributed by atoms with van der Waals surface area (Å²) >= 11 is 1.65. The number of aromatic nitrogens is 2. The van der Waals surface area contributed by atoms with E-state index in [1.165, 1.54) is 0 Å². The van der Waals surface area contributed by atoms with Crippen LogP contribution in [0.2, 0.25) is 0 Å². The predicted molar refractivity (Wildman–Crippen MR) is 106 cm³/mol. The highest BCUT2D eigenvalue weighted by molar-refractivity contribution is 7.18. The Labute approximate surface area is 164 Å². The van der Waals surface area contributed by atoms with Gasteiger partial charge in [-0.05, 0) is 25.0 Å². The summed E-state index contributed by atoms with van der Waals surface area (Å²) < 4.78 is 2.23. The SMILES string of the molecule is O=C(Cn1cc([N+](=O)[O-])ccc1=O)N1CCC[C@@H](c2nc3ccccc3s2)C1. The largest absolute Gasteiger partial charge is 0.340 e. The molecular weight excluding hydrogens is 380 g/mol. The van der Waals surface area contributed by atoms with Gasteiger partial charge in [-0.2, -0.15) is 0 Å². The number of nitro groups is 1. The van der Waals surface area contributed by atoms with Crippen LogP contribution in [-0.2, 0) is 11.3 Å². The highest BCUT2D eigenvalue weighted by Crippen LogP contribution is 2.33. The highest BCUT2D eigenvalue weighted by Gasteiger charge is 2.27. The Balaban J connectivity index is 1.50. The lowest BCUT2D eigenvalue weighted by Gasteiger charge is -2.32. The van der Waals surface area contributed by atoms with Crippen molar-refractivity contribution in [3.63, 3.8) is 0 Å². The second kappa shape index (κ2) is 7.51. The summed E-state index contributed by atoms with van der Waals surface area (Å²) in [4.78, 5) is 41.5. The van der Waals surface area contributed by atoms with E-state index in [0.717, 1.165) is 51.0 Å². The quantitative estimate of drug-likeness (QED) is 0.497. The van der Waals surface area contributed by atoms with Crippen molar-refractivity contribution in [1.29, 1.82) is 0 Å². The molecule has 144 valence electrons. The van der Waals surface area contributed by atoms with E-state index < -0.39 is 10.5 Å². The molecule has 1 atom stereocenters. The molecule has 4 rings (SSSR count). The predicted octanol–water partition coefficient (Wildman–Crippen LogP) is 2.77. The van der Waals surface area contributed by atoms with Crippen LogP contribution in [0.4, 0.5) is 5.69 Å². The molecule has 28 heavy (non-hydrogen) atoms. The summed E-state index contributed by atoms with van der Waals surface area (Å²) in [7, 11) is 0. The lowest BCUT2D eigenvalue weighted by molar-refractivity contribution is -0.385. The first-order valence-electron chi connectivity index (χ1n) is 8.99. The van der Waals surface area contributed by atoms with E-state index in [4.69, 9.17) is 4.98 Å². The Morgan fingerprint density at radius 1 is 1.29 bits per heavy atom. The summed E-state index contributed by atoms with van der Waals surface area (Å²) in [6.45, 7) is 0.958. The van der Waals surface area contributed by atoms with E-state index in [1.807, 2.05) is 24.3 Å². The fourth-order valence-electron chi connectivity index (χ4n) is 3.47. The minimum absolute atomic E-state index is 0.164. The Bertz CT molecular complexity index is 1070. The number of piperidine rings is 1. The van der Waals surface area contributed by atoms with Crippen molar-refractivity contribution in [3.05, 3.63) is 68.1 Å². The number of amides is 1. The molecule has 0 bridgehead atoms. The second-order valence-corrected chi connectivity index (χ2v) is 7.87. The maximum absolute atomic E-state index is 12.7. The molecule has 0 radical (unpaired) electrons. The van der Waals surface area contributed by atoms with E-state index >= 15 is 0 Å². The van der Waals surface area contributed by atoms with E-state index in [-0.39, 0.29) is 24.1 Å². The molecular formula is C19H18N4O4S. The van der Waals surface area contributed by atoms with Crippen LogP contribution in [-0.4, -0.2) is 38.4 Å². The molecule has 1 amide bonds. The van der Waals surface area contributed by atoms with Crippen LogP contribution in [0.1, 0.15) is 23.8 Å². The van der Waals surface area contributed by atoms with Gasteiger partial charge in [0.15, 0.2) is 0 Å². The molecule has 1 aromatic carbocycles. The molecule has 1 saturated heterocycles. The summed E-state index contributed by atoms with van der Waals surface area (Å²) in [5.74, 6) is -0.0506. The maximum Gasteiger partial charge on any atom is 0.285 e. The Morgan fingerprint density at radius 2 is 2.11 bits per heavy atom. The summed E-state index contributed by atoms with van der Waals surface area (Å²) in [6.07, 6.45) is 2.94. The number of thiazole rings is 1. The van der Waals surface area contributed by atoms with Crippen LogP contribution in [0, 0.1) is 10.1 Å². The van der Waals surface area contributed by atoms with Gasteiger partial charge in [-0.1, -0.05) is 12.1 Å². The lowest BCUT2D eigenvalue weighted by Crippen LogP contribution is -2.42. The number of nitrogens with zero attached hydrogens (tertiary/aromatic N) is 4. The third kappa shape index (κ3) is 3.65. The van der Waals surface area contributed by atoms with E-state index in [1.54, 1.807) is 16.2 Å². The summed E-state index contributed by atoms with van der Waals surface area (Å²) in [5.41, 5.74) is 0.325. The number of carbonyl (C=O) groups excluding carboxylic acids is 1. The minimum Gasteiger partial charge on any atom is -0.340 e. The Kier molecular flexibility index (Phi) is 4.91. The van der Waals surface area contributed by atoms with Crippen molar-refractivity contribution >= 4 is 33.1 Å². The van der Waals surface area contributed by atoms with Gasteiger partial charge in [0.05, 0.1) is 26.3 Å². The number of carbonyl (C=O) groups is 1. The average Bonchev–Trinajstić information content (AvgIpc) is 3.14. The Hall–Kier alpha value is -3.07. The van der Waals surface area contributed by atoms with E-state index in [0.29, 0.717) is 13.1 Å². The number of para-hydroxylation sites is 1. The van der Waals surface area contributed by atoms with Gasteiger partial charge in [0.1, 0.15) is 6.54 Å². The molecule has 0 spiro atoms. The van der Waals surface area contributed by atoms with Crippen LogP contribution in [0.5, 0.6) is 0 Å². The lowest BCUT2D eigenvalue weighted by atomic mass is 9.98. The summed E-state index contributed by atoms with van der Waals surface area (Å²) in [5, 5.41) is 11.9. The second-order valence-electron chi connectivity index (χ2n) is 6.81. The molecule has 0 saturated carbocycles. The summed E-state index contributed by atoms with van der Waals surface area (Å²) in [6, 6.07) is 10.2. The van der Waals surface area contributed by atoms with Crippen LogP contribution in [0.25, 0.3) is 10.2 Å². The molecule has 3 aromatic rings. The number of rotatable bonds is 4. The molecule has 9 heteroatoms. The molecule has 0 unspecified atom stereocenters. The van der Waals surface area contributed by atoms with Gasteiger partial charge in [0.2, 0.25) is 5.91 Å². The van der Waals surface area contributed by atoms with Gasteiger partial charge < -0.3 is 4.90 Å². The topological polar surface area (TPSA) is 98.3 Å². The first kappa shape index (κ1) is 18.3. The van der Waals surface area contributed by atoms with Crippen LogP contribution in [0.15, 0.2) is 47.4 Å². The number of pyridine rings is 1. The van der Waals surface area contributed by atoms with Gasteiger partial charge >= 0.3 is 0 Å². The van der Waals surface area contributed by atoms with Crippen molar-refractivity contribution in [1.82, 2.24) is 14.5 Å². The average molecular weight is 398 g/mol. The van der Waals surface area contributed by atoms with Crippen molar-refractivity contribution in [2.75, 3.05) is 13.1 Å². The number of benzene rings is 1. The smallest absolute Gasteiger partial charge is 0.285 e. The van der Waals surface area contributed by atoms with Crippen LogP contribution in [0.3, 0.4) is 0 Å². The fraction of sp³-hybridized carbons (Fsp3) is 0.316. The zero-order chi connectivity index (χ0) is 19.7.